The van der Waals surface area contributed by atoms with Gasteiger partial charge in [-0.1, -0.05) is 36.7 Å². The van der Waals surface area contributed by atoms with Crippen LogP contribution in [-0.4, -0.2) is 46.0 Å². The van der Waals surface area contributed by atoms with Crippen LogP contribution in [0.2, 0.25) is 5.02 Å². The van der Waals surface area contributed by atoms with Crippen molar-refractivity contribution in [1.82, 2.24) is 4.90 Å². The Morgan fingerprint density at radius 3 is 2.44 bits per heavy atom. The minimum Gasteiger partial charge on any atom is -0.367 e. The van der Waals surface area contributed by atoms with E-state index in [2.05, 4.69) is 21.4 Å². The highest BCUT2D eigenvalue weighted by Crippen LogP contribution is 2.29. The zero-order chi connectivity index (χ0) is 17.9. The molecule has 1 saturated heterocycles. The van der Waals surface area contributed by atoms with Crippen LogP contribution in [-0.2, 0) is 10.0 Å². The Morgan fingerprint density at radius 1 is 1.04 bits per heavy atom. The molecule has 0 unspecified atom stereocenters. The molecule has 2 aromatic rings. The smallest absolute Gasteiger partial charge is 0.262 e. The van der Waals surface area contributed by atoms with Gasteiger partial charge in [0.05, 0.1) is 16.3 Å². The number of rotatable bonds is 5. The first-order chi connectivity index (χ1) is 12.0. The molecule has 0 atom stereocenters. The van der Waals surface area contributed by atoms with Gasteiger partial charge in [0.1, 0.15) is 0 Å². The maximum atomic E-state index is 12.7. The maximum absolute atomic E-state index is 12.7. The molecule has 134 valence electrons. The van der Waals surface area contributed by atoms with Gasteiger partial charge in [0.2, 0.25) is 0 Å². The van der Waals surface area contributed by atoms with Gasteiger partial charge >= 0.3 is 0 Å². The van der Waals surface area contributed by atoms with E-state index in [-0.39, 0.29) is 4.90 Å². The van der Waals surface area contributed by atoms with Crippen LogP contribution < -0.4 is 9.62 Å². The number of nitrogens with zero attached hydrogens (tertiary/aromatic N) is 2. The third kappa shape index (κ3) is 4.26. The van der Waals surface area contributed by atoms with Crippen LogP contribution in [0.5, 0.6) is 0 Å². The minimum atomic E-state index is -3.68. The Kier molecular flexibility index (Phi) is 5.51. The molecule has 0 radical (unpaired) electrons. The van der Waals surface area contributed by atoms with Crippen LogP contribution in [0, 0.1) is 0 Å². The van der Waals surface area contributed by atoms with Crippen molar-refractivity contribution in [2.45, 2.75) is 11.8 Å². The average molecular weight is 380 g/mol. The molecule has 0 amide bonds. The van der Waals surface area contributed by atoms with E-state index in [0.29, 0.717) is 10.7 Å². The zero-order valence-corrected chi connectivity index (χ0v) is 15.7. The predicted molar refractivity (Wildman–Crippen MR) is 103 cm³/mol. The number of anilines is 2. The summed E-state index contributed by atoms with van der Waals surface area (Å²) in [5.74, 6) is 0. The number of hydrogen-bond donors (Lipinski definition) is 1. The molecule has 2 aromatic carbocycles. The molecule has 1 aliphatic rings. The van der Waals surface area contributed by atoms with E-state index >= 15 is 0 Å². The number of piperazine rings is 1. The van der Waals surface area contributed by atoms with Crippen LogP contribution in [0.15, 0.2) is 53.4 Å². The summed E-state index contributed by atoms with van der Waals surface area (Å²) in [4.78, 5) is 4.77. The van der Waals surface area contributed by atoms with E-state index in [9.17, 15) is 8.42 Å². The predicted octanol–water partition coefficient (Wildman–Crippen LogP) is 3.28. The number of likely N-dealkylation sites (N-methyl/N-ethyl adjacent to an activating group) is 1. The Morgan fingerprint density at radius 2 is 1.76 bits per heavy atom. The van der Waals surface area contributed by atoms with Crippen molar-refractivity contribution in [3.63, 3.8) is 0 Å². The summed E-state index contributed by atoms with van der Waals surface area (Å²) in [5, 5.41) is 0.395. The number of hydrogen-bond acceptors (Lipinski definition) is 4. The van der Waals surface area contributed by atoms with E-state index < -0.39 is 10.0 Å². The van der Waals surface area contributed by atoms with Crippen LogP contribution in [0.4, 0.5) is 11.4 Å². The van der Waals surface area contributed by atoms with Gasteiger partial charge < -0.3 is 9.80 Å². The molecule has 1 N–H and O–H groups in total. The van der Waals surface area contributed by atoms with Crippen LogP contribution in [0.25, 0.3) is 0 Å². The zero-order valence-electron chi connectivity index (χ0n) is 14.2. The third-order valence-corrected chi connectivity index (χ3v) is 6.01. The number of para-hydroxylation sites is 2. The second-order valence-corrected chi connectivity index (χ2v) is 8.12. The molecule has 1 fully saturated rings. The molecule has 5 nitrogen and oxygen atoms in total. The topological polar surface area (TPSA) is 52.6 Å². The molecule has 1 heterocycles. The lowest BCUT2D eigenvalue weighted by Crippen LogP contribution is -2.46. The van der Waals surface area contributed by atoms with E-state index in [4.69, 9.17) is 11.6 Å². The largest absolute Gasteiger partial charge is 0.367 e. The molecular formula is C18H22ClN3O2S. The number of benzene rings is 2. The SMILES string of the molecule is CCN1CCN(c2ccccc2NS(=O)(=O)c2cccc(Cl)c2)CC1. The Hall–Kier alpha value is -1.76. The van der Waals surface area contributed by atoms with Crippen molar-refractivity contribution >= 4 is 33.0 Å². The fraction of sp³-hybridized carbons (Fsp3) is 0.333. The fourth-order valence-electron chi connectivity index (χ4n) is 2.98. The number of sulfonamides is 1. The summed E-state index contributed by atoms with van der Waals surface area (Å²) >= 11 is 5.93. The minimum absolute atomic E-state index is 0.158. The van der Waals surface area contributed by atoms with E-state index in [1.165, 1.54) is 12.1 Å². The molecule has 0 bridgehead atoms. The Bertz CT molecular complexity index is 834. The lowest BCUT2D eigenvalue weighted by Gasteiger charge is -2.36. The van der Waals surface area contributed by atoms with Gasteiger partial charge in [-0.05, 0) is 36.9 Å². The van der Waals surface area contributed by atoms with E-state index in [0.717, 1.165) is 38.4 Å². The van der Waals surface area contributed by atoms with Crippen molar-refractivity contribution in [3.05, 3.63) is 53.6 Å². The van der Waals surface area contributed by atoms with Crippen molar-refractivity contribution in [2.75, 3.05) is 42.3 Å². The number of nitrogens with one attached hydrogen (secondary N) is 1. The summed E-state index contributed by atoms with van der Waals surface area (Å²) in [6.45, 7) is 6.91. The third-order valence-electron chi connectivity index (χ3n) is 4.41. The van der Waals surface area contributed by atoms with Crippen molar-refractivity contribution in [2.24, 2.45) is 0 Å². The van der Waals surface area contributed by atoms with Gasteiger partial charge in [0, 0.05) is 31.2 Å². The highest BCUT2D eigenvalue weighted by Gasteiger charge is 2.21. The lowest BCUT2D eigenvalue weighted by atomic mass is 10.2. The monoisotopic (exact) mass is 379 g/mol. The molecule has 25 heavy (non-hydrogen) atoms. The van der Waals surface area contributed by atoms with E-state index in [1.807, 2.05) is 18.2 Å². The molecular weight excluding hydrogens is 358 g/mol. The van der Waals surface area contributed by atoms with Crippen molar-refractivity contribution in [3.8, 4) is 0 Å². The molecule has 0 aliphatic carbocycles. The lowest BCUT2D eigenvalue weighted by molar-refractivity contribution is 0.271. The normalized spacial score (nSPS) is 16.0. The maximum Gasteiger partial charge on any atom is 0.262 e. The average Bonchev–Trinajstić information content (AvgIpc) is 2.62. The van der Waals surface area contributed by atoms with Gasteiger partial charge in [-0.25, -0.2) is 8.42 Å². The Balaban J connectivity index is 1.84. The van der Waals surface area contributed by atoms with Gasteiger partial charge in [0.25, 0.3) is 10.0 Å². The second-order valence-electron chi connectivity index (χ2n) is 6.00. The second kappa shape index (κ2) is 7.64. The highest BCUT2D eigenvalue weighted by atomic mass is 35.5. The van der Waals surface area contributed by atoms with Gasteiger partial charge in [0.15, 0.2) is 0 Å². The quantitative estimate of drug-likeness (QED) is 0.866. The standard InChI is InChI=1S/C18H22ClN3O2S/c1-2-21-10-12-22(13-11-21)18-9-4-3-8-17(18)20-25(23,24)16-7-5-6-15(19)14-16/h3-9,14,20H,2,10-13H2,1H3. The summed E-state index contributed by atoms with van der Waals surface area (Å²) in [6, 6.07) is 13.8. The summed E-state index contributed by atoms with van der Waals surface area (Å²) in [5.41, 5.74) is 1.50. The van der Waals surface area contributed by atoms with Gasteiger partial charge in [-0.3, -0.25) is 4.72 Å². The fourth-order valence-corrected chi connectivity index (χ4v) is 4.35. The molecule has 1 aliphatic heterocycles. The molecule has 0 spiro atoms. The van der Waals surface area contributed by atoms with Gasteiger partial charge in [-0.15, -0.1) is 0 Å². The summed E-state index contributed by atoms with van der Waals surface area (Å²) < 4.78 is 28.1. The molecule has 3 rings (SSSR count). The highest BCUT2D eigenvalue weighted by molar-refractivity contribution is 7.92. The van der Waals surface area contributed by atoms with Crippen LogP contribution in [0.3, 0.4) is 0 Å². The van der Waals surface area contributed by atoms with Crippen molar-refractivity contribution in [1.29, 1.82) is 0 Å². The van der Waals surface area contributed by atoms with Crippen LogP contribution in [0.1, 0.15) is 6.92 Å². The summed E-state index contributed by atoms with van der Waals surface area (Å²) in [6.07, 6.45) is 0. The molecule has 7 heteroatoms. The summed E-state index contributed by atoms with van der Waals surface area (Å²) in [7, 11) is -3.68. The van der Waals surface area contributed by atoms with Gasteiger partial charge in [-0.2, -0.15) is 0 Å². The molecule has 0 saturated carbocycles. The van der Waals surface area contributed by atoms with Crippen LogP contribution >= 0.6 is 11.6 Å². The first-order valence-corrected chi connectivity index (χ1v) is 10.2. The number of halogens is 1. The molecule has 0 aromatic heterocycles. The first-order valence-electron chi connectivity index (χ1n) is 8.34. The first kappa shape index (κ1) is 18.0. The van der Waals surface area contributed by atoms with Crippen molar-refractivity contribution < 1.29 is 8.42 Å². The van der Waals surface area contributed by atoms with E-state index in [1.54, 1.807) is 18.2 Å². The Labute approximate surface area is 154 Å².